The highest BCUT2D eigenvalue weighted by atomic mass is 32.2. The number of ether oxygens (including phenoxy) is 1. The summed E-state index contributed by atoms with van der Waals surface area (Å²) in [6.07, 6.45) is 0.130. The third-order valence-electron chi connectivity index (χ3n) is 5.29. The van der Waals surface area contributed by atoms with Gasteiger partial charge in [-0.15, -0.1) is 0 Å². The van der Waals surface area contributed by atoms with Crippen LogP contribution in [0.1, 0.15) is 16.7 Å². The second kappa shape index (κ2) is 11.0. The van der Waals surface area contributed by atoms with E-state index in [4.69, 9.17) is 9.88 Å². The number of benzene rings is 3. The Morgan fingerprint density at radius 3 is 2.11 bits per heavy atom. The van der Waals surface area contributed by atoms with Crippen LogP contribution in [0.3, 0.4) is 0 Å². The van der Waals surface area contributed by atoms with Crippen molar-refractivity contribution < 1.29 is 26.4 Å². The second-order valence-corrected chi connectivity index (χ2v) is 11.2. The van der Waals surface area contributed by atoms with E-state index in [0.717, 1.165) is 5.56 Å². The molecule has 35 heavy (non-hydrogen) atoms. The molecule has 9 nitrogen and oxygen atoms in total. The summed E-state index contributed by atoms with van der Waals surface area (Å²) in [5, 5.41) is 7.82. The number of carbonyl (C=O) groups is 1. The number of carbonyl (C=O) groups excluding carboxylic acids is 1. The summed E-state index contributed by atoms with van der Waals surface area (Å²) < 4.78 is 56.7. The fourth-order valence-corrected chi connectivity index (χ4v) is 5.22. The van der Waals surface area contributed by atoms with Crippen molar-refractivity contribution in [1.82, 2.24) is 10.0 Å². The van der Waals surface area contributed by atoms with Gasteiger partial charge >= 0.3 is 0 Å². The normalized spacial score (nSPS) is 12.7. The summed E-state index contributed by atoms with van der Waals surface area (Å²) in [6, 6.07) is 18.1. The van der Waals surface area contributed by atoms with Crippen molar-refractivity contribution in [2.75, 3.05) is 7.11 Å². The summed E-state index contributed by atoms with van der Waals surface area (Å²) in [5.74, 6) is 0.0224. The minimum atomic E-state index is -4.02. The van der Waals surface area contributed by atoms with E-state index in [-0.39, 0.29) is 22.8 Å². The average Bonchev–Trinajstić information content (AvgIpc) is 2.82. The molecule has 0 radical (unpaired) electrons. The van der Waals surface area contributed by atoms with Crippen LogP contribution in [0, 0.1) is 6.92 Å². The van der Waals surface area contributed by atoms with Crippen molar-refractivity contribution in [2.45, 2.75) is 35.7 Å². The SMILES string of the molecule is COc1ccc(S(=O)(=O)NC(Cc2ccccc2)C(=O)NCc2ccc(S(N)(=O)=O)cc2)cc1C. The first-order chi connectivity index (χ1) is 16.5. The first-order valence-electron chi connectivity index (χ1n) is 10.6. The fourth-order valence-electron chi connectivity index (χ4n) is 3.42. The van der Waals surface area contributed by atoms with Gasteiger partial charge in [-0.1, -0.05) is 42.5 Å². The molecule has 3 rings (SSSR count). The number of rotatable bonds is 10. The number of hydrogen-bond donors (Lipinski definition) is 3. The summed E-state index contributed by atoms with van der Waals surface area (Å²) >= 11 is 0. The number of aryl methyl sites for hydroxylation is 1. The maximum Gasteiger partial charge on any atom is 0.241 e. The number of amides is 1. The van der Waals surface area contributed by atoms with Gasteiger partial charge in [0.15, 0.2) is 0 Å². The van der Waals surface area contributed by atoms with Crippen molar-refractivity contribution in [3.05, 3.63) is 89.5 Å². The van der Waals surface area contributed by atoms with Crippen molar-refractivity contribution in [2.24, 2.45) is 5.14 Å². The Labute approximate surface area is 205 Å². The van der Waals surface area contributed by atoms with Crippen LogP contribution in [0.25, 0.3) is 0 Å². The highest BCUT2D eigenvalue weighted by Gasteiger charge is 2.26. The first-order valence-corrected chi connectivity index (χ1v) is 13.6. The molecule has 0 saturated carbocycles. The molecular weight excluding hydrogens is 490 g/mol. The number of methoxy groups -OCH3 is 1. The Kier molecular flexibility index (Phi) is 8.28. The van der Waals surface area contributed by atoms with E-state index in [9.17, 15) is 21.6 Å². The third kappa shape index (κ3) is 7.12. The highest BCUT2D eigenvalue weighted by molar-refractivity contribution is 7.89. The van der Waals surface area contributed by atoms with Gasteiger partial charge in [-0.3, -0.25) is 4.79 Å². The predicted molar refractivity (Wildman–Crippen MR) is 132 cm³/mol. The molecule has 0 aliphatic heterocycles. The van der Waals surface area contributed by atoms with Gasteiger partial charge in [0.2, 0.25) is 26.0 Å². The molecule has 11 heteroatoms. The second-order valence-electron chi connectivity index (χ2n) is 7.90. The molecule has 0 aromatic heterocycles. The monoisotopic (exact) mass is 517 g/mol. The molecule has 0 fully saturated rings. The molecule has 1 unspecified atom stereocenters. The van der Waals surface area contributed by atoms with E-state index in [1.807, 2.05) is 6.07 Å². The molecule has 3 aromatic rings. The smallest absolute Gasteiger partial charge is 0.241 e. The summed E-state index contributed by atoms with van der Waals surface area (Å²) in [5.41, 5.74) is 2.04. The summed E-state index contributed by atoms with van der Waals surface area (Å²) in [4.78, 5) is 13.0. The van der Waals surface area contributed by atoms with Crippen LogP contribution in [0.4, 0.5) is 0 Å². The lowest BCUT2D eigenvalue weighted by molar-refractivity contribution is -0.122. The zero-order valence-corrected chi connectivity index (χ0v) is 20.9. The molecule has 1 amide bonds. The number of sulfonamides is 2. The van der Waals surface area contributed by atoms with E-state index < -0.39 is 32.0 Å². The molecule has 0 bridgehead atoms. The standard InChI is InChI=1S/C24H27N3O6S2/c1-17-14-21(12-13-23(17)33-2)35(31,32)27-22(15-18-6-4-3-5-7-18)24(28)26-16-19-8-10-20(11-9-19)34(25,29)30/h3-14,22,27H,15-16H2,1-2H3,(H,26,28)(H2,25,29,30). The van der Waals surface area contributed by atoms with E-state index >= 15 is 0 Å². The van der Waals surface area contributed by atoms with Gasteiger partial charge in [0.1, 0.15) is 11.8 Å². The zero-order valence-electron chi connectivity index (χ0n) is 19.3. The van der Waals surface area contributed by atoms with Crippen LogP contribution in [0.2, 0.25) is 0 Å². The average molecular weight is 518 g/mol. The maximum absolute atomic E-state index is 13.1. The van der Waals surface area contributed by atoms with Crippen molar-refractivity contribution in [3.63, 3.8) is 0 Å². The zero-order chi connectivity index (χ0) is 25.6. The topological polar surface area (TPSA) is 145 Å². The molecule has 0 aliphatic rings. The molecule has 0 spiro atoms. The van der Waals surface area contributed by atoms with E-state index in [0.29, 0.717) is 16.9 Å². The third-order valence-corrected chi connectivity index (χ3v) is 7.69. The Morgan fingerprint density at radius 1 is 0.914 bits per heavy atom. The number of nitrogens with one attached hydrogen (secondary N) is 2. The van der Waals surface area contributed by atoms with Gasteiger partial charge in [0.05, 0.1) is 16.9 Å². The molecule has 4 N–H and O–H groups in total. The van der Waals surface area contributed by atoms with Crippen molar-refractivity contribution >= 4 is 26.0 Å². The van der Waals surface area contributed by atoms with Gasteiger partial charge in [-0.2, -0.15) is 4.72 Å². The molecule has 0 saturated heterocycles. The van der Waals surface area contributed by atoms with Crippen LogP contribution in [-0.4, -0.2) is 35.9 Å². The minimum absolute atomic E-state index is 0.0141. The quantitative estimate of drug-likeness (QED) is 0.374. The van der Waals surface area contributed by atoms with Gasteiger partial charge in [-0.05, 0) is 60.4 Å². The number of primary sulfonamides is 1. The van der Waals surface area contributed by atoms with E-state index in [1.165, 1.54) is 43.5 Å². The Bertz CT molecular complexity index is 1390. The lowest BCUT2D eigenvalue weighted by Crippen LogP contribution is -2.47. The fraction of sp³-hybridized carbons (Fsp3) is 0.208. The molecule has 0 aliphatic carbocycles. The van der Waals surface area contributed by atoms with Crippen LogP contribution >= 0.6 is 0 Å². The van der Waals surface area contributed by atoms with Crippen molar-refractivity contribution in [3.8, 4) is 5.75 Å². The number of nitrogens with two attached hydrogens (primary N) is 1. The Balaban J connectivity index is 1.79. The first kappa shape index (κ1) is 26.4. The predicted octanol–water partition coefficient (Wildman–Crippen LogP) is 1.86. The Hall–Kier alpha value is -3.25. The summed E-state index contributed by atoms with van der Waals surface area (Å²) in [6.45, 7) is 1.80. The lowest BCUT2D eigenvalue weighted by atomic mass is 10.1. The molecule has 3 aromatic carbocycles. The van der Waals surface area contributed by atoms with Crippen LogP contribution < -0.4 is 19.9 Å². The van der Waals surface area contributed by atoms with E-state index in [2.05, 4.69) is 10.0 Å². The molecular formula is C24H27N3O6S2. The van der Waals surface area contributed by atoms with Gasteiger partial charge in [0, 0.05) is 6.54 Å². The van der Waals surface area contributed by atoms with Gasteiger partial charge < -0.3 is 10.1 Å². The van der Waals surface area contributed by atoms with Crippen molar-refractivity contribution in [1.29, 1.82) is 0 Å². The maximum atomic E-state index is 13.1. The van der Waals surface area contributed by atoms with Crippen LogP contribution in [-0.2, 0) is 37.8 Å². The molecule has 1 atom stereocenters. The largest absolute Gasteiger partial charge is 0.496 e. The lowest BCUT2D eigenvalue weighted by Gasteiger charge is -2.19. The summed E-state index contributed by atoms with van der Waals surface area (Å²) in [7, 11) is -6.35. The highest BCUT2D eigenvalue weighted by Crippen LogP contribution is 2.21. The van der Waals surface area contributed by atoms with Gasteiger partial charge in [0.25, 0.3) is 0 Å². The molecule has 186 valence electrons. The van der Waals surface area contributed by atoms with E-state index in [1.54, 1.807) is 37.3 Å². The van der Waals surface area contributed by atoms with Crippen LogP contribution in [0.15, 0.2) is 82.6 Å². The molecule has 0 heterocycles. The van der Waals surface area contributed by atoms with Gasteiger partial charge in [-0.25, -0.2) is 22.0 Å². The van der Waals surface area contributed by atoms with Crippen LogP contribution in [0.5, 0.6) is 5.75 Å². The Morgan fingerprint density at radius 2 is 1.54 bits per heavy atom. The number of hydrogen-bond acceptors (Lipinski definition) is 6. The minimum Gasteiger partial charge on any atom is -0.496 e.